The van der Waals surface area contributed by atoms with E-state index in [9.17, 15) is 14.4 Å². The van der Waals surface area contributed by atoms with Crippen LogP contribution in [0.25, 0.3) is 0 Å². The molecular formula is C15H26N2O4. The number of amides is 2. The summed E-state index contributed by atoms with van der Waals surface area (Å²) in [6.07, 6.45) is 1.22. The molecule has 120 valence electrons. The first kappa shape index (κ1) is 17.5. The normalized spacial score (nSPS) is 16.4. The lowest BCUT2D eigenvalue weighted by molar-refractivity contribution is -0.149. The fourth-order valence-corrected chi connectivity index (χ4v) is 2.61. The number of aliphatic carboxylic acids is 1. The van der Waals surface area contributed by atoms with Crippen LogP contribution in [0.2, 0.25) is 0 Å². The minimum absolute atomic E-state index is 0.0311. The molecule has 1 aliphatic rings. The molecule has 0 unspecified atom stereocenters. The molecule has 0 aromatic rings. The van der Waals surface area contributed by atoms with Crippen molar-refractivity contribution in [3.63, 3.8) is 0 Å². The summed E-state index contributed by atoms with van der Waals surface area (Å²) in [5.74, 6) is -1.19. The number of carboxylic acids is 1. The third-order valence-corrected chi connectivity index (χ3v) is 3.86. The summed E-state index contributed by atoms with van der Waals surface area (Å²) < 4.78 is 0. The topological polar surface area (TPSA) is 77.9 Å². The predicted molar refractivity (Wildman–Crippen MR) is 78.6 cm³/mol. The Kier molecular flexibility index (Phi) is 6.18. The molecule has 0 spiro atoms. The van der Waals surface area contributed by atoms with Crippen molar-refractivity contribution in [3.8, 4) is 0 Å². The molecule has 0 saturated carbocycles. The quantitative estimate of drug-likeness (QED) is 0.827. The summed E-state index contributed by atoms with van der Waals surface area (Å²) >= 11 is 0. The Morgan fingerprint density at radius 2 is 1.67 bits per heavy atom. The van der Waals surface area contributed by atoms with Crippen LogP contribution in [0, 0.1) is 11.8 Å². The third-order valence-electron chi connectivity index (χ3n) is 3.86. The van der Waals surface area contributed by atoms with E-state index in [4.69, 9.17) is 5.11 Å². The van der Waals surface area contributed by atoms with Gasteiger partial charge in [-0.3, -0.25) is 14.4 Å². The summed E-state index contributed by atoms with van der Waals surface area (Å²) in [7, 11) is 0. The fraction of sp³-hybridized carbons (Fsp3) is 0.800. The van der Waals surface area contributed by atoms with Crippen molar-refractivity contribution in [2.24, 2.45) is 11.8 Å². The monoisotopic (exact) mass is 298 g/mol. The summed E-state index contributed by atoms with van der Waals surface area (Å²) in [5.41, 5.74) is 0. The second-order valence-electron chi connectivity index (χ2n) is 6.21. The number of hydrogen-bond acceptors (Lipinski definition) is 3. The summed E-state index contributed by atoms with van der Waals surface area (Å²) in [5, 5.41) is 8.91. The second kappa shape index (κ2) is 7.43. The molecule has 1 fully saturated rings. The lowest BCUT2D eigenvalue weighted by Crippen LogP contribution is -2.48. The zero-order valence-electron chi connectivity index (χ0n) is 13.3. The van der Waals surface area contributed by atoms with Crippen molar-refractivity contribution in [2.75, 3.05) is 19.6 Å². The van der Waals surface area contributed by atoms with Gasteiger partial charge in [-0.15, -0.1) is 0 Å². The van der Waals surface area contributed by atoms with Gasteiger partial charge < -0.3 is 14.9 Å². The molecule has 0 aliphatic carbocycles. The lowest BCUT2D eigenvalue weighted by Gasteiger charge is -2.35. The maximum absolute atomic E-state index is 12.4. The predicted octanol–water partition coefficient (Wildman–Crippen LogP) is 1.20. The Hall–Kier alpha value is -1.59. The van der Waals surface area contributed by atoms with E-state index in [1.165, 1.54) is 4.90 Å². The van der Waals surface area contributed by atoms with Crippen molar-refractivity contribution in [1.29, 1.82) is 0 Å². The van der Waals surface area contributed by atoms with E-state index in [1.807, 2.05) is 27.7 Å². The van der Waals surface area contributed by atoms with Gasteiger partial charge >= 0.3 is 5.97 Å². The molecule has 21 heavy (non-hydrogen) atoms. The average Bonchev–Trinajstić information content (AvgIpc) is 2.42. The highest BCUT2D eigenvalue weighted by Gasteiger charge is 2.32. The van der Waals surface area contributed by atoms with Crippen molar-refractivity contribution in [1.82, 2.24) is 9.80 Å². The van der Waals surface area contributed by atoms with Gasteiger partial charge in [-0.1, -0.05) is 13.8 Å². The van der Waals surface area contributed by atoms with E-state index in [-0.39, 0.29) is 36.2 Å². The van der Waals surface area contributed by atoms with Crippen molar-refractivity contribution in [2.45, 2.75) is 46.6 Å². The molecule has 6 nitrogen and oxygen atoms in total. The maximum atomic E-state index is 12.4. The van der Waals surface area contributed by atoms with Gasteiger partial charge in [-0.05, 0) is 26.7 Å². The third kappa shape index (κ3) is 4.72. The van der Waals surface area contributed by atoms with E-state index in [2.05, 4.69) is 0 Å². The zero-order valence-corrected chi connectivity index (χ0v) is 13.3. The Morgan fingerprint density at radius 1 is 1.14 bits per heavy atom. The number of piperidine rings is 1. The SMILES string of the molecule is CC(C)C(=O)N1CCC(C(=O)N(CC(=O)O)C(C)C)CC1. The molecule has 2 amide bonds. The smallest absolute Gasteiger partial charge is 0.323 e. The number of carbonyl (C=O) groups is 3. The number of carboxylic acid groups (broad SMARTS) is 1. The van der Waals surface area contributed by atoms with Gasteiger partial charge in [0.25, 0.3) is 0 Å². The van der Waals surface area contributed by atoms with Crippen LogP contribution in [0.3, 0.4) is 0 Å². The second-order valence-corrected chi connectivity index (χ2v) is 6.21. The van der Waals surface area contributed by atoms with Crippen LogP contribution >= 0.6 is 0 Å². The van der Waals surface area contributed by atoms with Gasteiger partial charge in [0, 0.05) is 31.0 Å². The van der Waals surface area contributed by atoms with E-state index >= 15 is 0 Å². The molecule has 0 radical (unpaired) electrons. The molecule has 6 heteroatoms. The fourth-order valence-electron chi connectivity index (χ4n) is 2.61. The largest absolute Gasteiger partial charge is 0.480 e. The highest BCUT2D eigenvalue weighted by Crippen LogP contribution is 2.22. The molecule has 0 bridgehead atoms. The van der Waals surface area contributed by atoms with E-state index in [0.717, 1.165) is 0 Å². The number of hydrogen-bond donors (Lipinski definition) is 1. The van der Waals surface area contributed by atoms with Crippen molar-refractivity contribution < 1.29 is 19.5 Å². The van der Waals surface area contributed by atoms with Gasteiger partial charge in [-0.25, -0.2) is 0 Å². The molecular weight excluding hydrogens is 272 g/mol. The molecule has 1 heterocycles. The number of rotatable bonds is 5. The van der Waals surface area contributed by atoms with Crippen LogP contribution in [-0.4, -0.2) is 58.4 Å². The molecule has 0 aromatic carbocycles. The zero-order chi connectivity index (χ0) is 16.2. The number of nitrogens with zero attached hydrogens (tertiary/aromatic N) is 2. The molecule has 1 rings (SSSR count). The molecule has 1 N–H and O–H groups in total. The molecule has 1 aliphatic heterocycles. The number of carbonyl (C=O) groups excluding carboxylic acids is 2. The highest BCUT2D eigenvalue weighted by molar-refractivity contribution is 5.84. The Bertz CT molecular complexity index is 398. The van der Waals surface area contributed by atoms with Gasteiger partial charge in [0.1, 0.15) is 6.54 Å². The van der Waals surface area contributed by atoms with Crippen LogP contribution in [0.5, 0.6) is 0 Å². The van der Waals surface area contributed by atoms with Crippen LogP contribution in [0.4, 0.5) is 0 Å². The van der Waals surface area contributed by atoms with E-state index in [0.29, 0.717) is 25.9 Å². The summed E-state index contributed by atoms with van der Waals surface area (Å²) in [6.45, 7) is 8.26. The first-order chi connectivity index (χ1) is 9.73. The van der Waals surface area contributed by atoms with E-state index in [1.54, 1.807) is 4.90 Å². The molecule has 0 aromatic heterocycles. The van der Waals surface area contributed by atoms with E-state index < -0.39 is 5.97 Å². The average molecular weight is 298 g/mol. The van der Waals surface area contributed by atoms with Gasteiger partial charge in [0.15, 0.2) is 0 Å². The van der Waals surface area contributed by atoms with Crippen molar-refractivity contribution >= 4 is 17.8 Å². The minimum Gasteiger partial charge on any atom is -0.480 e. The molecule has 1 saturated heterocycles. The van der Waals surface area contributed by atoms with Gasteiger partial charge in [0.05, 0.1) is 0 Å². The highest BCUT2D eigenvalue weighted by atomic mass is 16.4. The Balaban J connectivity index is 2.61. The van der Waals surface area contributed by atoms with Gasteiger partial charge in [-0.2, -0.15) is 0 Å². The Morgan fingerprint density at radius 3 is 2.05 bits per heavy atom. The summed E-state index contributed by atoms with van der Waals surface area (Å²) in [6, 6.07) is -0.135. The van der Waals surface area contributed by atoms with Crippen molar-refractivity contribution in [3.05, 3.63) is 0 Å². The standard InChI is InChI=1S/C15H26N2O4/c1-10(2)14(20)16-7-5-12(6-8-16)15(21)17(11(3)4)9-13(18)19/h10-12H,5-9H2,1-4H3,(H,18,19). The maximum Gasteiger partial charge on any atom is 0.323 e. The van der Waals surface area contributed by atoms with Crippen LogP contribution in [-0.2, 0) is 14.4 Å². The van der Waals surface area contributed by atoms with Crippen LogP contribution in [0.15, 0.2) is 0 Å². The number of likely N-dealkylation sites (tertiary alicyclic amines) is 1. The summed E-state index contributed by atoms with van der Waals surface area (Å²) in [4.78, 5) is 38.4. The van der Waals surface area contributed by atoms with Crippen LogP contribution in [0.1, 0.15) is 40.5 Å². The first-order valence-electron chi connectivity index (χ1n) is 7.55. The van der Waals surface area contributed by atoms with Crippen LogP contribution < -0.4 is 0 Å². The molecule has 0 atom stereocenters. The minimum atomic E-state index is -0.996. The first-order valence-corrected chi connectivity index (χ1v) is 7.55. The Labute approximate surface area is 126 Å². The van der Waals surface area contributed by atoms with Gasteiger partial charge in [0.2, 0.25) is 11.8 Å². The lowest BCUT2D eigenvalue weighted by atomic mass is 9.94.